The van der Waals surface area contributed by atoms with E-state index in [1.165, 1.54) is 18.2 Å². The number of aliphatic carboxylic acids is 1. The molecule has 0 aromatic heterocycles. The molecule has 0 aromatic carbocycles. The molecular weight excluding hydrogens is 630 g/mol. The van der Waals surface area contributed by atoms with Crippen molar-refractivity contribution in [1.82, 2.24) is 0 Å². The molecule has 1 saturated heterocycles. The van der Waals surface area contributed by atoms with Crippen molar-refractivity contribution in [2.24, 2.45) is 0 Å². The van der Waals surface area contributed by atoms with Crippen LogP contribution in [0.1, 0.15) is 41.5 Å². The van der Waals surface area contributed by atoms with Crippen molar-refractivity contribution < 1.29 is 55.1 Å². The van der Waals surface area contributed by atoms with E-state index in [4.69, 9.17) is 55.1 Å². The Morgan fingerprint density at radius 3 is 1.57 bits per heavy atom. The summed E-state index contributed by atoms with van der Waals surface area (Å²) in [6, 6.07) is 0. The number of hydrogen-bond acceptors (Lipinski definition) is 8. The minimum absolute atomic E-state index is 0.0407. The maximum atomic E-state index is 10.8. The predicted octanol–water partition coefficient (Wildman–Crippen LogP) is 5.76. The van der Waals surface area contributed by atoms with Crippen LogP contribution in [0.5, 0.6) is 0 Å². The normalized spacial score (nSPS) is 15.7. The number of carboxylic acid groups (broad SMARTS) is 1. The van der Waals surface area contributed by atoms with Gasteiger partial charge in [0, 0.05) is 18.2 Å². The molecule has 233 valence electrons. The summed E-state index contributed by atoms with van der Waals surface area (Å²) in [7, 11) is 14.7. The van der Waals surface area contributed by atoms with Crippen molar-refractivity contribution in [2.45, 2.75) is 59.9 Å². The van der Waals surface area contributed by atoms with Crippen LogP contribution in [0, 0.1) is 0 Å². The molecule has 0 spiro atoms. The van der Waals surface area contributed by atoms with Gasteiger partial charge in [0.25, 0.3) is 0 Å². The fraction of sp³-hybridized carbons (Fsp3) is 0.444. The second-order valence-corrected chi connectivity index (χ2v) is 12.7. The molecule has 3 atom stereocenters. The van der Waals surface area contributed by atoms with Gasteiger partial charge in [-0.05, 0) is 41.5 Å². The number of carboxylic acids is 1. The first-order valence-electron chi connectivity index (χ1n) is 11.8. The van der Waals surface area contributed by atoms with Crippen molar-refractivity contribution in [3.63, 3.8) is 0 Å². The molecule has 3 unspecified atom stereocenters. The second kappa shape index (κ2) is 35.1. The van der Waals surface area contributed by atoms with Crippen LogP contribution in [0.25, 0.3) is 0 Å². The molecule has 0 bridgehead atoms. The van der Waals surface area contributed by atoms with Gasteiger partial charge in [-0.3, -0.25) is 0 Å². The van der Waals surface area contributed by atoms with Crippen LogP contribution >= 0.6 is 30.3 Å². The summed E-state index contributed by atoms with van der Waals surface area (Å²) in [4.78, 5) is 31.4. The summed E-state index contributed by atoms with van der Waals surface area (Å²) >= 11 is -1.33. The van der Waals surface area contributed by atoms with Gasteiger partial charge in [0.05, 0.1) is 25.4 Å². The number of esters is 2. The first-order chi connectivity index (χ1) is 18.8. The quantitative estimate of drug-likeness (QED) is 0.0868. The third-order valence-corrected chi connectivity index (χ3v) is 3.16. The molecule has 0 saturated carbocycles. The fourth-order valence-corrected chi connectivity index (χ4v) is 1.36. The van der Waals surface area contributed by atoms with Crippen molar-refractivity contribution in [3.05, 3.63) is 72.9 Å². The molecule has 0 amide bonds. The summed E-state index contributed by atoms with van der Waals surface area (Å²) in [5, 5.41) is 25.3. The van der Waals surface area contributed by atoms with Gasteiger partial charge < -0.3 is 29.5 Å². The zero-order valence-electron chi connectivity index (χ0n) is 23.6. The van der Waals surface area contributed by atoms with Crippen LogP contribution in [-0.2, 0) is 39.8 Å². The number of carbonyl (C=O) groups excluding carboxylic acids is 2. The Morgan fingerprint density at radius 1 is 0.900 bits per heavy atom. The Labute approximate surface area is 255 Å². The first kappa shape index (κ1) is 45.1. The number of aliphatic hydroxyl groups excluding tert-OH is 2. The van der Waals surface area contributed by atoms with Gasteiger partial charge in [0.2, 0.25) is 0 Å². The Bertz CT molecular complexity index is 802. The molecular formula is C27H42Cl3FeO9. The average molecular weight is 673 g/mol. The number of carbonyl (C=O) groups is 3. The third-order valence-electron chi connectivity index (χ3n) is 3.16. The Morgan fingerprint density at radius 2 is 1.27 bits per heavy atom. The summed E-state index contributed by atoms with van der Waals surface area (Å²) in [6.45, 7) is 11.6. The van der Waals surface area contributed by atoms with Gasteiger partial charge in [0.15, 0.2) is 0 Å². The van der Waals surface area contributed by atoms with Crippen molar-refractivity contribution in [1.29, 1.82) is 0 Å². The Hall–Kier alpha value is -1.88. The standard InChI is InChI=1S/2C9H14O3.C6H8O2.C3H6O.3ClH.Fe/c1-3-4-5-6-9(11)12-7-8(2)10;1-3-4-5-6-9(11)12-8(2)7-10;1-2-3-4-5-6(7)8;1-3-2-4-3;;;;/h2*3-6,8,10H,7H2,1-2H3;2-5H,1H3,(H,7,8);3H,2H2,1H3;3*1H;/q;;;;;;;+3/p-3/b2*4-3+,6-5+;3-2+,5-4+;;;;;. The van der Waals surface area contributed by atoms with Crippen LogP contribution in [0.3, 0.4) is 0 Å². The Kier molecular flexibility index (Phi) is 39.6. The molecule has 1 heterocycles. The number of rotatable bonds is 10. The summed E-state index contributed by atoms with van der Waals surface area (Å²) < 4.78 is 14.1. The molecule has 1 aliphatic heterocycles. The number of allylic oxidation sites excluding steroid dienone is 9. The number of halogens is 3. The van der Waals surface area contributed by atoms with Gasteiger partial charge in [-0.25, -0.2) is 14.4 Å². The van der Waals surface area contributed by atoms with Crippen LogP contribution in [0.2, 0.25) is 0 Å². The summed E-state index contributed by atoms with van der Waals surface area (Å²) in [6.07, 6.45) is 18.4. The SMILES string of the molecule is C/C=C/C=C/C(=O)O.C/C=C/C=C/C(=O)OC(C)CO.C/C=C/C=C/C(=O)OCC(C)O.CC1CO1.[Cl][Fe]([Cl])[Cl]. The van der Waals surface area contributed by atoms with Gasteiger partial charge in [-0.1, -0.05) is 54.7 Å². The Balaban J connectivity index is -0.000000216. The van der Waals surface area contributed by atoms with E-state index in [0.717, 1.165) is 12.7 Å². The maximum absolute atomic E-state index is 10.8. The van der Waals surface area contributed by atoms with Crippen LogP contribution in [-0.4, -0.2) is 71.4 Å². The topological polar surface area (TPSA) is 143 Å². The number of hydrogen-bond donors (Lipinski definition) is 3. The molecule has 0 radical (unpaired) electrons. The number of ether oxygens (including phenoxy) is 3. The zero-order chi connectivity index (χ0) is 31.8. The fourth-order valence-electron chi connectivity index (χ4n) is 1.36. The van der Waals surface area contributed by atoms with Gasteiger partial charge in [0.1, 0.15) is 12.7 Å². The van der Waals surface area contributed by atoms with Gasteiger partial charge in [-0.2, -0.15) is 0 Å². The third kappa shape index (κ3) is 60.6. The van der Waals surface area contributed by atoms with Crippen molar-refractivity contribution >= 4 is 48.2 Å². The zero-order valence-corrected chi connectivity index (χ0v) is 26.9. The van der Waals surface area contributed by atoms with E-state index in [0.29, 0.717) is 6.10 Å². The van der Waals surface area contributed by atoms with Crippen LogP contribution in [0.4, 0.5) is 0 Å². The summed E-state index contributed by atoms with van der Waals surface area (Å²) in [5.74, 6) is -1.79. The van der Waals surface area contributed by atoms with Crippen LogP contribution in [0.15, 0.2) is 72.9 Å². The molecule has 1 aliphatic rings. The van der Waals surface area contributed by atoms with E-state index >= 15 is 0 Å². The van der Waals surface area contributed by atoms with E-state index in [1.807, 2.05) is 20.8 Å². The molecule has 9 nitrogen and oxygen atoms in total. The number of epoxide rings is 1. The van der Waals surface area contributed by atoms with E-state index in [1.54, 1.807) is 62.5 Å². The van der Waals surface area contributed by atoms with Gasteiger partial charge in [-0.15, -0.1) is 0 Å². The monoisotopic (exact) mass is 671 g/mol. The van der Waals surface area contributed by atoms with Gasteiger partial charge >= 0.3 is 59.4 Å². The molecule has 40 heavy (non-hydrogen) atoms. The van der Waals surface area contributed by atoms with E-state index < -0.39 is 41.3 Å². The van der Waals surface area contributed by atoms with E-state index in [-0.39, 0.29) is 13.2 Å². The second-order valence-electron chi connectivity index (χ2n) is 7.20. The van der Waals surface area contributed by atoms with E-state index in [9.17, 15) is 14.4 Å². The van der Waals surface area contributed by atoms with E-state index in [2.05, 4.69) is 11.7 Å². The molecule has 3 N–H and O–H groups in total. The molecule has 0 aromatic rings. The average Bonchev–Trinajstić information content (AvgIpc) is 3.66. The predicted molar refractivity (Wildman–Crippen MR) is 158 cm³/mol. The molecule has 0 aliphatic carbocycles. The van der Waals surface area contributed by atoms with Crippen molar-refractivity contribution in [2.75, 3.05) is 19.8 Å². The number of aliphatic hydroxyl groups is 2. The molecule has 1 fully saturated rings. The minimum atomic E-state index is -1.33. The first-order valence-corrected chi connectivity index (χ1v) is 16.4. The van der Waals surface area contributed by atoms with Crippen molar-refractivity contribution in [3.8, 4) is 0 Å². The molecule has 1 rings (SSSR count). The summed E-state index contributed by atoms with van der Waals surface area (Å²) in [5.41, 5.74) is 0. The van der Waals surface area contributed by atoms with Crippen LogP contribution < -0.4 is 0 Å². The molecule has 13 heteroatoms.